The van der Waals surface area contributed by atoms with Gasteiger partial charge in [0.05, 0.1) is 0 Å². The van der Waals surface area contributed by atoms with E-state index < -0.39 is 10.0 Å². The van der Waals surface area contributed by atoms with Crippen LogP contribution in [0.15, 0.2) is 23.4 Å². The van der Waals surface area contributed by atoms with Crippen molar-refractivity contribution in [2.45, 2.75) is 64.1 Å². The lowest BCUT2D eigenvalue weighted by atomic mass is 10.1. The van der Waals surface area contributed by atoms with E-state index in [0.717, 1.165) is 37.8 Å². The molecule has 1 unspecified atom stereocenters. The molecule has 0 aliphatic heterocycles. The van der Waals surface area contributed by atoms with Gasteiger partial charge in [0.1, 0.15) is 0 Å². The first kappa shape index (κ1) is 18.1. The molecule has 1 atom stereocenters. The first-order valence-corrected chi connectivity index (χ1v) is 9.16. The molecule has 0 aliphatic rings. The van der Waals surface area contributed by atoms with E-state index >= 15 is 0 Å². The van der Waals surface area contributed by atoms with Crippen LogP contribution in [0, 0.1) is 0 Å². The Morgan fingerprint density at radius 3 is 2.57 bits per heavy atom. The number of hydrogen-bond donors (Lipinski definition) is 2. The zero-order valence-electron chi connectivity index (χ0n) is 13.2. The van der Waals surface area contributed by atoms with Crippen LogP contribution in [0.4, 0.5) is 0 Å². The molecule has 0 radical (unpaired) electrons. The molecule has 0 saturated heterocycles. The van der Waals surface area contributed by atoms with Crippen molar-refractivity contribution in [1.29, 1.82) is 0 Å². The molecule has 21 heavy (non-hydrogen) atoms. The van der Waals surface area contributed by atoms with E-state index in [-0.39, 0.29) is 11.1 Å². The van der Waals surface area contributed by atoms with Gasteiger partial charge in [-0.3, -0.25) is 0 Å². The van der Waals surface area contributed by atoms with Crippen molar-refractivity contribution in [3.8, 4) is 0 Å². The van der Waals surface area contributed by atoms with Gasteiger partial charge in [-0.1, -0.05) is 39.2 Å². The quantitative estimate of drug-likeness (QED) is 0.651. The highest BCUT2D eigenvalue weighted by Crippen LogP contribution is 2.10. The van der Waals surface area contributed by atoms with Crippen molar-refractivity contribution in [3.63, 3.8) is 0 Å². The zero-order valence-corrected chi connectivity index (χ0v) is 14.0. The maximum Gasteiger partial charge on any atom is 0.258 e. The Kier molecular flexibility index (Phi) is 7.85. The first-order chi connectivity index (χ1) is 9.99. The topological polar surface area (TPSA) is 71.1 Å². The highest BCUT2D eigenvalue weighted by atomic mass is 32.2. The Morgan fingerprint density at radius 1 is 1.24 bits per heavy atom. The summed E-state index contributed by atoms with van der Waals surface area (Å²) in [6, 6.07) is 3.30. The lowest BCUT2D eigenvalue weighted by molar-refractivity contribution is 0.525. The SMILES string of the molecule is CCCCCC(C)NS(=O)(=O)c1ccc(CNCC)cn1. The van der Waals surface area contributed by atoms with Crippen LogP contribution in [0.3, 0.4) is 0 Å². The largest absolute Gasteiger partial charge is 0.313 e. The molecule has 0 aromatic carbocycles. The van der Waals surface area contributed by atoms with Crippen LogP contribution in [0.5, 0.6) is 0 Å². The van der Waals surface area contributed by atoms with Gasteiger partial charge in [0, 0.05) is 18.8 Å². The maximum absolute atomic E-state index is 12.2. The molecule has 1 rings (SSSR count). The van der Waals surface area contributed by atoms with Gasteiger partial charge in [0.25, 0.3) is 10.0 Å². The Bertz CT molecular complexity index is 500. The molecule has 0 bridgehead atoms. The summed E-state index contributed by atoms with van der Waals surface area (Å²) in [6.45, 7) is 7.62. The summed E-state index contributed by atoms with van der Waals surface area (Å²) in [5.41, 5.74) is 0.979. The molecule has 0 aliphatic carbocycles. The van der Waals surface area contributed by atoms with Crippen LogP contribution in [-0.2, 0) is 16.6 Å². The van der Waals surface area contributed by atoms with Crippen LogP contribution >= 0.6 is 0 Å². The number of rotatable bonds is 10. The molecule has 1 aromatic heterocycles. The number of pyridine rings is 1. The zero-order chi connectivity index (χ0) is 15.7. The minimum atomic E-state index is -3.52. The second kappa shape index (κ2) is 9.12. The fourth-order valence-electron chi connectivity index (χ4n) is 2.03. The number of nitrogens with one attached hydrogen (secondary N) is 2. The minimum absolute atomic E-state index is 0.0650. The summed E-state index contributed by atoms with van der Waals surface area (Å²) in [5, 5.41) is 3.27. The van der Waals surface area contributed by atoms with Crippen LogP contribution < -0.4 is 10.0 Å². The molecule has 0 spiro atoms. The molecular formula is C15H27N3O2S. The van der Waals surface area contributed by atoms with Gasteiger partial charge in [-0.15, -0.1) is 0 Å². The van der Waals surface area contributed by atoms with Crippen molar-refractivity contribution in [3.05, 3.63) is 23.9 Å². The van der Waals surface area contributed by atoms with Gasteiger partial charge >= 0.3 is 0 Å². The van der Waals surface area contributed by atoms with Gasteiger partial charge in [-0.05, 0) is 31.5 Å². The van der Waals surface area contributed by atoms with Crippen molar-refractivity contribution < 1.29 is 8.42 Å². The molecule has 2 N–H and O–H groups in total. The Labute approximate surface area is 128 Å². The molecule has 1 aromatic rings. The molecule has 6 heteroatoms. The number of sulfonamides is 1. The number of aromatic nitrogens is 1. The molecule has 1 heterocycles. The lowest BCUT2D eigenvalue weighted by Crippen LogP contribution is -2.33. The molecule has 0 amide bonds. The van der Waals surface area contributed by atoms with Gasteiger partial charge in [0.15, 0.2) is 5.03 Å². The second-order valence-electron chi connectivity index (χ2n) is 5.30. The van der Waals surface area contributed by atoms with Crippen molar-refractivity contribution >= 4 is 10.0 Å². The van der Waals surface area contributed by atoms with Crippen LogP contribution in [0.25, 0.3) is 0 Å². The van der Waals surface area contributed by atoms with E-state index in [9.17, 15) is 8.42 Å². The predicted octanol–water partition coefficient (Wildman–Crippen LogP) is 2.44. The average molecular weight is 313 g/mol. The minimum Gasteiger partial charge on any atom is -0.313 e. The summed E-state index contributed by atoms with van der Waals surface area (Å²) in [5.74, 6) is 0. The van der Waals surface area contributed by atoms with E-state index in [0.29, 0.717) is 6.54 Å². The van der Waals surface area contributed by atoms with Crippen LogP contribution in [0.1, 0.15) is 52.0 Å². The second-order valence-corrected chi connectivity index (χ2v) is 6.96. The smallest absolute Gasteiger partial charge is 0.258 e. The lowest BCUT2D eigenvalue weighted by Gasteiger charge is -2.13. The monoisotopic (exact) mass is 313 g/mol. The van der Waals surface area contributed by atoms with E-state index in [1.165, 1.54) is 0 Å². The van der Waals surface area contributed by atoms with Gasteiger partial charge in [-0.2, -0.15) is 0 Å². The van der Waals surface area contributed by atoms with E-state index in [4.69, 9.17) is 0 Å². The fourth-order valence-corrected chi connectivity index (χ4v) is 3.24. The third kappa shape index (κ3) is 6.54. The highest BCUT2D eigenvalue weighted by molar-refractivity contribution is 7.89. The maximum atomic E-state index is 12.2. The van der Waals surface area contributed by atoms with Gasteiger partial charge in [0.2, 0.25) is 0 Å². The Hall–Kier alpha value is -0.980. The summed E-state index contributed by atoms with van der Waals surface area (Å²) in [6.07, 6.45) is 5.76. The number of unbranched alkanes of at least 4 members (excludes halogenated alkanes) is 2. The van der Waals surface area contributed by atoms with Gasteiger partial charge in [-0.25, -0.2) is 18.1 Å². The van der Waals surface area contributed by atoms with Gasteiger partial charge < -0.3 is 5.32 Å². The third-order valence-corrected chi connectivity index (χ3v) is 4.75. The number of nitrogens with zero attached hydrogens (tertiary/aromatic N) is 1. The number of hydrogen-bond acceptors (Lipinski definition) is 4. The third-order valence-electron chi connectivity index (χ3n) is 3.25. The predicted molar refractivity (Wildman–Crippen MR) is 85.5 cm³/mol. The van der Waals surface area contributed by atoms with Crippen molar-refractivity contribution in [1.82, 2.24) is 15.0 Å². The van der Waals surface area contributed by atoms with Crippen molar-refractivity contribution in [2.75, 3.05) is 6.54 Å². The molecule has 0 saturated carbocycles. The standard InChI is InChI=1S/C15H27N3O2S/c1-4-6-7-8-13(3)18-21(19,20)15-10-9-14(12-17-15)11-16-5-2/h9-10,12-13,16,18H,4-8,11H2,1-3H3. The molecule has 0 fully saturated rings. The summed E-state index contributed by atoms with van der Waals surface area (Å²) < 4.78 is 27.1. The van der Waals surface area contributed by atoms with Crippen LogP contribution in [-0.4, -0.2) is 26.0 Å². The first-order valence-electron chi connectivity index (χ1n) is 7.67. The van der Waals surface area contributed by atoms with E-state index in [1.807, 2.05) is 13.8 Å². The molecular weight excluding hydrogens is 286 g/mol. The van der Waals surface area contributed by atoms with E-state index in [2.05, 4.69) is 21.9 Å². The molecule has 5 nitrogen and oxygen atoms in total. The Morgan fingerprint density at radius 2 is 2.00 bits per heavy atom. The summed E-state index contributed by atoms with van der Waals surface area (Å²) in [4.78, 5) is 4.06. The highest BCUT2D eigenvalue weighted by Gasteiger charge is 2.18. The molecule has 120 valence electrons. The normalized spacial score (nSPS) is 13.3. The van der Waals surface area contributed by atoms with E-state index in [1.54, 1.807) is 18.3 Å². The Balaban J connectivity index is 2.61. The van der Waals surface area contributed by atoms with Crippen molar-refractivity contribution in [2.24, 2.45) is 0 Å². The summed E-state index contributed by atoms with van der Waals surface area (Å²) in [7, 11) is -3.52. The average Bonchev–Trinajstić information content (AvgIpc) is 2.45. The summed E-state index contributed by atoms with van der Waals surface area (Å²) >= 11 is 0. The fraction of sp³-hybridized carbons (Fsp3) is 0.667. The van der Waals surface area contributed by atoms with Crippen LogP contribution in [0.2, 0.25) is 0 Å².